The predicted octanol–water partition coefficient (Wildman–Crippen LogP) is 4.15. The number of thiocarbonyl (C=S) groups is 1. The highest BCUT2D eigenvalue weighted by atomic mass is 35.5. The summed E-state index contributed by atoms with van der Waals surface area (Å²) in [6.45, 7) is 2.87. The van der Waals surface area contributed by atoms with Gasteiger partial charge < -0.3 is 11.1 Å². The van der Waals surface area contributed by atoms with E-state index in [0.717, 1.165) is 24.2 Å². The molecule has 2 aromatic carbocycles. The maximum atomic E-state index is 6.04. The summed E-state index contributed by atoms with van der Waals surface area (Å²) in [5.41, 5.74) is 10.0. The lowest BCUT2D eigenvalue weighted by Gasteiger charge is -2.13. The molecule has 0 atom stereocenters. The molecule has 0 bridgehead atoms. The second-order valence-electron chi connectivity index (χ2n) is 4.53. The summed E-state index contributed by atoms with van der Waals surface area (Å²) in [5, 5.41) is 4.04. The van der Waals surface area contributed by atoms with Crippen LogP contribution in [0.4, 0.5) is 5.69 Å². The molecule has 0 aliphatic carbocycles. The number of rotatable bonds is 5. The Hall–Kier alpha value is -1.58. The first-order chi connectivity index (χ1) is 9.61. The molecule has 0 heterocycles. The summed E-state index contributed by atoms with van der Waals surface area (Å²) < 4.78 is 0. The Kier molecular flexibility index (Phi) is 4.99. The van der Waals surface area contributed by atoms with Gasteiger partial charge in [0.05, 0.1) is 0 Å². The smallest absolute Gasteiger partial charge is 0.106 e. The van der Waals surface area contributed by atoms with Crippen molar-refractivity contribution in [2.75, 3.05) is 5.32 Å². The van der Waals surface area contributed by atoms with Crippen molar-refractivity contribution in [2.24, 2.45) is 5.73 Å². The van der Waals surface area contributed by atoms with Gasteiger partial charge in [0, 0.05) is 22.8 Å². The molecule has 2 nitrogen and oxygen atoms in total. The predicted molar refractivity (Wildman–Crippen MR) is 90.5 cm³/mol. The standard InChI is InChI=1S/C16H17ClN2S/c1-2-11-5-3-4-6-12(11)10-19-15-9-13(17)7-8-14(15)16(18)20/h3-9,19H,2,10H2,1H3,(H2,18,20). The Morgan fingerprint density at radius 3 is 2.55 bits per heavy atom. The molecule has 0 saturated heterocycles. The average Bonchev–Trinajstić information content (AvgIpc) is 2.45. The zero-order chi connectivity index (χ0) is 14.5. The van der Waals surface area contributed by atoms with Gasteiger partial charge in [0.25, 0.3) is 0 Å². The quantitative estimate of drug-likeness (QED) is 0.815. The molecule has 0 radical (unpaired) electrons. The maximum Gasteiger partial charge on any atom is 0.106 e. The first kappa shape index (κ1) is 14.8. The Morgan fingerprint density at radius 1 is 1.20 bits per heavy atom. The normalized spacial score (nSPS) is 10.3. The number of hydrogen-bond acceptors (Lipinski definition) is 2. The van der Waals surface area contributed by atoms with Crippen LogP contribution in [0.25, 0.3) is 0 Å². The van der Waals surface area contributed by atoms with Crippen molar-refractivity contribution in [3.63, 3.8) is 0 Å². The van der Waals surface area contributed by atoms with Gasteiger partial charge in [0.1, 0.15) is 4.99 Å². The van der Waals surface area contributed by atoms with Crippen LogP contribution in [-0.4, -0.2) is 4.99 Å². The lowest BCUT2D eigenvalue weighted by atomic mass is 10.1. The Morgan fingerprint density at radius 2 is 1.90 bits per heavy atom. The molecule has 20 heavy (non-hydrogen) atoms. The van der Waals surface area contributed by atoms with Crippen LogP contribution in [0.3, 0.4) is 0 Å². The first-order valence-electron chi connectivity index (χ1n) is 6.51. The van der Waals surface area contributed by atoms with Crippen molar-refractivity contribution in [1.82, 2.24) is 0 Å². The molecule has 0 spiro atoms. The number of halogens is 1. The topological polar surface area (TPSA) is 38.0 Å². The fourth-order valence-electron chi connectivity index (χ4n) is 2.14. The molecule has 0 aromatic heterocycles. The summed E-state index contributed by atoms with van der Waals surface area (Å²) in [7, 11) is 0. The van der Waals surface area contributed by atoms with Gasteiger partial charge in [0.2, 0.25) is 0 Å². The molecule has 104 valence electrons. The zero-order valence-electron chi connectivity index (χ0n) is 11.3. The SMILES string of the molecule is CCc1ccccc1CNc1cc(Cl)ccc1C(N)=S. The molecular formula is C16H17ClN2S. The number of nitrogens with one attached hydrogen (secondary N) is 1. The molecule has 0 aliphatic heterocycles. The number of aryl methyl sites for hydroxylation is 1. The Labute approximate surface area is 130 Å². The molecule has 0 aliphatic rings. The van der Waals surface area contributed by atoms with E-state index in [1.165, 1.54) is 11.1 Å². The lowest BCUT2D eigenvalue weighted by molar-refractivity contribution is 1.04. The van der Waals surface area contributed by atoms with Crippen molar-refractivity contribution >= 4 is 34.5 Å². The van der Waals surface area contributed by atoms with Crippen molar-refractivity contribution in [1.29, 1.82) is 0 Å². The lowest BCUT2D eigenvalue weighted by Crippen LogP contribution is -2.13. The molecule has 2 rings (SSSR count). The van der Waals surface area contributed by atoms with E-state index in [9.17, 15) is 0 Å². The second-order valence-corrected chi connectivity index (χ2v) is 5.41. The van der Waals surface area contributed by atoms with E-state index in [2.05, 4.69) is 30.4 Å². The summed E-state index contributed by atoms with van der Waals surface area (Å²) in [6.07, 6.45) is 1.01. The monoisotopic (exact) mass is 304 g/mol. The summed E-state index contributed by atoms with van der Waals surface area (Å²) in [4.78, 5) is 0.368. The third kappa shape index (κ3) is 3.50. The van der Waals surface area contributed by atoms with Crippen LogP contribution in [0.5, 0.6) is 0 Å². The summed E-state index contributed by atoms with van der Waals surface area (Å²) in [5.74, 6) is 0. The van der Waals surface area contributed by atoms with Gasteiger partial charge in [-0.15, -0.1) is 0 Å². The number of nitrogens with two attached hydrogens (primary N) is 1. The Balaban J connectivity index is 2.22. The van der Waals surface area contributed by atoms with Crippen molar-refractivity contribution in [3.05, 3.63) is 64.2 Å². The van der Waals surface area contributed by atoms with Gasteiger partial charge in [-0.1, -0.05) is 55.0 Å². The molecule has 2 aromatic rings. The van der Waals surface area contributed by atoms with E-state index in [4.69, 9.17) is 29.6 Å². The largest absolute Gasteiger partial charge is 0.389 e. The highest BCUT2D eigenvalue weighted by molar-refractivity contribution is 7.80. The molecular weight excluding hydrogens is 288 g/mol. The summed E-state index contributed by atoms with van der Waals surface area (Å²) >= 11 is 11.1. The minimum Gasteiger partial charge on any atom is -0.389 e. The van der Waals surface area contributed by atoms with Crippen LogP contribution in [0.15, 0.2) is 42.5 Å². The van der Waals surface area contributed by atoms with Crippen LogP contribution in [0.2, 0.25) is 5.02 Å². The molecule has 0 saturated carbocycles. The van der Waals surface area contributed by atoms with Crippen molar-refractivity contribution < 1.29 is 0 Å². The fourth-order valence-corrected chi connectivity index (χ4v) is 2.49. The number of benzene rings is 2. The second kappa shape index (κ2) is 6.73. The molecule has 3 N–H and O–H groups in total. The van der Waals surface area contributed by atoms with Crippen LogP contribution < -0.4 is 11.1 Å². The van der Waals surface area contributed by atoms with Gasteiger partial charge >= 0.3 is 0 Å². The highest BCUT2D eigenvalue weighted by Crippen LogP contribution is 2.22. The first-order valence-corrected chi connectivity index (χ1v) is 7.30. The van der Waals surface area contributed by atoms with Gasteiger partial charge in [0.15, 0.2) is 0 Å². The van der Waals surface area contributed by atoms with Crippen molar-refractivity contribution in [3.8, 4) is 0 Å². The third-order valence-corrected chi connectivity index (χ3v) is 3.67. The fraction of sp³-hybridized carbons (Fsp3) is 0.188. The van der Waals surface area contributed by atoms with E-state index in [-0.39, 0.29) is 0 Å². The van der Waals surface area contributed by atoms with Gasteiger partial charge in [-0.05, 0) is 35.7 Å². The van der Waals surface area contributed by atoms with E-state index in [1.54, 1.807) is 6.07 Å². The number of anilines is 1. The molecule has 0 amide bonds. The third-order valence-electron chi connectivity index (χ3n) is 3.22. The molecule has 0 fully saturated rings. The van der Waals surface area contributed by atoms with Crippen LogP contribution in [-0.2, 0) is 13.0 Å². The number of hydrogen-bond donors (Lipinski definition) is 2. The van der Waals surface area contributed by atoms with Crippen LogP contribution in [0, 0.1) is 0 Å². The minimum absolute atomic E-state index is 0.368. The van der Waals surface area contributed by atoms with E-state index in [1.807, 2.05) is 18.2 Å². The minimum atomic E-state index is 0.368. The summed E-state index contributed by atoms with van der Waals surface area (Å²) in [6, 6.07) is 13.9. The molecule has 0 unspecified atom stereocenters. The van der Waals surface area contributed by atoms with Crippen molar-refractivity contribution in [2.45, 2.75) is 19.9 Å². The van der Waals surface area contributed by atoms with Gasteiger partial charge in [-0.25, -0.2) is 0 Å². The Bertz CT molecular complexity index is 626. The molecule has 4 heteroatoms. The maximum absolute atomic E-state index is 6.04. The van der Waals surface area contributed by atoms with Gasteiger partial charge in [-0.3, -0.25) is 0 Å². The van der Waals surface area contributed by atoms with E-state index in [0.29, 0.717) is 10.0 Å². The average molecular weight is 305 g/mol. The van der Waals surface area contributed by atoms with Crippen LogP contribution >= 0.6 is 23.8 Å². The highest BCUT2D eigenvalue weighted by Gasteiger charge is 2.07. The van der Waals surface area contributed by atoms with E-state index >= 15 is 0 Å². The van der Waals surface area contributed by atoms with E-state index < -0.39 is 0 Å². The van der Waals surface area contributed by atoms with Crippen LogP contribution in [0.1, 0.15) is 23.6 Å². The van der Waals surface area contributed by atoms with Gasteiger partial charge in [-0.2, -0.15) is 0 Å². The zero-order valence-corrected chi connectivity index (χ0v) is 12.9.